The Hall–Kier alpha value is -1.38. The molecule has 0 spiro atoms. The number of aryl methyl sites for hydroxylation is 1. The molecule has 102 valence electrons. The Bertz CT molecular complexity index is 558. The number of nitrogens with zero attached hydrogens (tertiary/aromatic N) is 1. The smallest absolute Gasteiger partial charge is 0.232 e. The number of carbonyl (C=O) groups is 1. The molecule has 0 aliphatic heterocycles. The Balaban J connectivity index is 2.25. The van der Waals surface area contributed by atoms with Crippen LogP contribution in [-0.2, 0) is 4.79 Å². The summed E-state index contributed by atoms with van der Waals surface area (Å²) in [6, 6.07) is 2.07. The Morgan fingerprint density at radius 3 is 2.79 bits per heavy atom. The number of hydrogen-bond donors (Lipinski definition) is 2. The fraction of sp³-hybridized carbons (Fsp3) is 0.571. The van der Waals surface area contributed by atoms with Gasteiger partial charge in [-0.3, -0.25) is 4.79 Å². The number of nitrogens with two attached hydrogens (primary N) is 1. The third-order valence-electron chi connectivity index (χ3n) is 4.27. The number of rotatable bonds is 2. The summed E-state index contributed by atoms with van der Waals surface area (Å²) < 4.78 is 0. The summed E-state index contributed by atoms with van der Waals surface area (Å²) in [6.07, 6.45) is 2.68. The van der Waals surface area contributed by atoms with Crippen LogP contribution >= 0.6 is 11.3 Å². The van der Waals surface area contributed by atoms with Crippen molar-refractivity contribution < 1.29 is 4.79 Å². The van der Waals surface area contributed by atoms with Gasteiger partial charge in [0.25, 0.3) is 0 Å². The van der Waals surface area contributed by atoms with E-state index in [1.54, 1.807) is 0 Å². The van der Waals surface area contributed by atoms with Crippen molar-refractivity contribution in [3.8, 4) is 6.07 Å². The van der Waals surface area contributed by atoms with E-state index < -0.39 is 5.41 Å². The predicted octanol–water partition coefficient (Wildman–Crippen LogP) is 2.69. The number of anilines is 1. The van der Waals surface area contributed by atoms with Gasteiger partial charge in [-0.2, -0.15) is 5.26 Å². The Labute approximate surface area is 117 Å². The summed E-state index contributed by atoms with van der Waals surface area (Å²) in [5.74, 6) is -0.0600. The SMILES string of the molecule is Cc1sc(NC(=O)C2(C)CCCC2N)c(C#N)c1C. The molecule has 1 aromatic rings. The van der Waals surface area contributed by atoms with Gasteiger partial charge in [0.05, 0.1) is 11.0 Å². The maximum Gasteiger partial charge on any atom is 0.232 e. The Morgan fingerprint density at radius 2 is 2.26 bits per heavy atom. The maximum absolute atomic E-state index is 12.4. The van der Waals surface area contributed by atoms with Crippen molar-refractivity contribution in [3.05, 3.63) is 16.0 Å². The van der Waals surface area contributed by atoms with Crippen LogP contribution in [0.3, 0.4) is 0 Å². The molecule has 1 aliphatic rings. The van der Waals surface area contributed by atoms with Crippen molar-refractivity contribution >= 4 is 22.2 Å². The lowest BCUT2D eigenvalue weighted by molar-refractivity contribution is -0.125. The van der Waals surface area contributed by atoms with Crippen molar-refractivity contribution in [1.82, 2.24) is 0 Å². The molecule has 5 heteroatoms. The standard InChI is InChI=1S/C14H19N3OS/c1-8-9(2)19-12(10(8)7-15)17-13(18)14(3)6-4-5-11(14)16/h11H,4-6,16H2,1-3H3,(H,17,18). The highest BCUT2D eigenvalue weighted by Crippen LogP contribution is 2.39. The highest BCUT2D eigenvalue weighted by Gasteiger charge is 2.43. The van der Waals surface area contributed by atoms with Crippen LogP contribution < -0.4 is 11.1 Å². The zero-order chi connectivity index (χ0) is 14.2. The van der Waals surface area contributed by atoms with E-state index in [0.717, 1.165) is 29.7 Å². The second-order valence-electron chi connectivity index (χ2n) is 5.47. The van der Waals surface area contributed by atoms with Gasteiger partial charge in [0.15, 0.2) is 0 Å². The lowest BCUT2D eigenvalue weighted by Crippen LogP contribution is -2.44. The lowest BCUT2D eigenvalue weighted by atomic mass is 9.84. The van der Waals surface area contributed by atoms with Crippen LogP contribution in [0.4, 0.5) is 5.00 Å². The number of hydrogen-bond acceptors (Lipinski definition) is 4. The molecule has 0 radical (unpaired) electrons. The first-order chi connectivity index (χ1) is 8.90. The molecule has 2 atom stereocenters. The predicted molar refractivity (Wildman–Crippen MR) is 77.1 cm³/mol. The van der Waals surface area contributed by atoms with E-state index in [1.807, 2.05) is 20.8 Å². The number of nitrogens with one attached hydrogen (secondary N) is 1. The van der Waals surface area contributed by atoms with Crippen molar-refractivity contribution in [2.45, 2.75) is 46.1 Å². The second-order valence-corrected chi connectivity index (χ2v) is 6.69. The number of nitriles is 1. The highest BCUT2D eigenvalue weighted by molar-refractivity contribution is 7.16. The molecular weight excluding hydrogens is 258 g/mol. The molecule has 1 heterocycles. The van der Waals surface area contributed by atoms with Gasteiger partial charge in [-0.1, -0.05) is 6.42 Å². The average molecular weight is 277 g/mol. The van der Waals surface area contributed by atoms with Crippen molar-refractivity contribution in [1.29, 1.82) is 5.26 Å². The van der Waals surface area contributed by atoms with Crippen molar-refractivity contribution in [3.63, 3.8) is 0 Å². The fourth-order valence-corrected chi connectivity index (χ4v) is 3.58. The monoisotopic (exact) mass is 277 g/mol. The summed E-state index contributed by atoms with van der Waals surface area (Å²) in [5.41, 5.74) is 7.06. The molecule has 1 aliphatic carbocycles. The average Bonchev–Trinajstić information content (AvgIpc) is 2.83. The summed E-state index contributed by atoms with van der Waals surface area (Å²) in [4.78, 5) is 13.5. The van der Waals surface area contributed by atoms with E-state index in [0.29, 0.717) is 10.6 Å². The molecular formula is C14H19N3OS. The van der Waals surface area contributed by atoms with Gasteiger partial charge in [-0.05, 0) is 39.2 Å². The first kappa shape index (κ1) is 14.0. The van der Waals surface area contributed by atoms with E-state index in [4.69, 9.17) is 5.73 Å². The Morgan fingerprint density at radius 1 is 1.58 bits per heavy atom. The minimum absolute atomic E-state index is 0.0600. The van der Waals surface area contributed by atoms with Crippen LogP contribution in [-0.4, -0.2) is 11.9 Å². The van der Waals surface area contributed by atoms with Gasteiger partial charge in [0.1, 0.15) is 11.1 Å². The summed E-state index contributed by atoms with van der Waals surface area (Å²) in [6.45, 7) is 5.78. The van der Waals surface area contributed by atoms with E-state index >= 15 is 0 Å². The second kappa shape index (κ2) is 4.95. The normalized spacial score (nSPS) is 26.2. The van der Waals surface area contributed by atoms with E-state index in [9.17, 15) is 10.1 Å². The van der Waals surface area contributed by atoms with E-state index in [-0.39, 0.29) is 11.9 Å². The van der Waals surface area contributed by atoms with Crippen LogP contribution in [0.15, 0.2) is 0 Å². The molecule has 4 nitrogen and oxygen atoms in total. The maximum atomic E-state index is 12.4. The largest absolute Gasteiger partial charge is 0.327 e. The summed E-state index contributed by atoms with van der Waals surface area (Å²) in [7, 11) is 0. The molecule has 1 aromatic heterocycles. The molecule has 1 amide bonds. The van der Waals surface area contributed by atoms with Crippen LogP contribution in [0.25, 0.3) is 0 Å². The van der Waals surface area contributed by atoms with Crippen LogP contribution in [0, 0.1) is 30.6 Å². The zero-order valence-corrected chi connectivity index (χ0v) is 12.4. The number of thiophene rings is 1. The topological polar surface area (TPSA) is 78.9 Å². The van der Waals surface area contributed by atoms with Crippen molar-refractivity contribution in [2.75, 3.05) is 5.32 Å². The molecule has 2 unspecified atom stereocenters. The lowest BCUT2D eigenvalue weighted by Gasteiger charge is -2.27. The van der Waals surface area contributed by atoms with Gasteiger partial charge >= 0.3 is 0 Å². The first-order valence-electron chi connectivity index (χ1n) is 6.47. The molecule has 0 aromatic carbocycles. The minimum atomic E-state index is -0.515. The first-order valence-corrected chi connectivity index (χ1v) is 7.29. The molecule has 3 N–H and O–H groups in total. The Kier molecular flexibility index (Phi) is 3.66. The minimum Gasteiger partial charge on any atom is -0.327 e. The number of carbonyl (C=O) groups excluding carboxylic acids is 1. The number of amides is 1. The van der Waals surface area contributed by atoms with Crippen LogP contribution in [0.1, 0.15) is 42.2 Å². The van der Waals surface area contributed by atoms with Gasteiger partial charge in [-0.25, -0.2) is 0 Å². The fourth-order valence-electron chi connectivity index (χ4n) is 2.57. The quantitative estimate of drug-likeness (QED) is 0.872. The molecule has 1 saturated carbocycles. The van der Waals surface area contributed by atoms with Crippen molar-refractivity contribution in [2.24, 2.45) is 11.1 Å². The molecule has 2 rings (SSSR count). The van der Waals surface area contributed by atoms with Gasteiger partial charge in [0, 0.05) is 10.9 Å². The van der Waals surface area contributed by atoms with E-state index in [1.165, 1.54) is 11.3 Å². The molecule has 19 heavy (non-hydrogen) atoms. The van der Waals surface area contributed by atoms with Gasteiger partial charge < -0.3 is 11.1 Å². The molecule has 0 bridgehead atoms. The zero-order valence-electron chi connectivity index (χ0n) is 11.5. The van der Waals surface area contributed by atoms with Gasteiger partial charge in [-0.15, -0.1) is 11.3 Å². The van der Waals surface area contributed by atoms with Crippen LogP contribution in [0.5, 0.6) is 0 Å². The summed E-state index contributed by atoms with van der Waals surface area (Å²) in [5, 5.41) is 12.8. The summed E-state index contributed by atoms with van der Waals surface area (Å²) >= 11 is 1.46. The molecule has 1 fully saturated rings. The molecule has 0 saturated heterocycles. The third-order valence-corrected chi connectivity index (χ3v) is 5.40. The van der Waals surface area contributed by atoms with E-state index in [2.05, 4.69) is 11.4 Å². The van der Waals surface area contributed by atoms with Crippen LogP contribution in [0.2, 0.25) is 0 Å². The van der Waals surface area contributed by atoms with Gasteiger partial charge in [0.2, 0.25) is 5.91 Å². The third kappa shape index (κ3) is 2.26. The highest BCUT2D eigenvalue weighted by atomic mass is 32.1.